The standard InChI is InChI=1S/C25H18N2O4S2/c28-24(22-15-14-19(31-22)16-33(29,30)20-6-2-1-3-7-20)26-18-12-10-17(11-13-18)25-27-21-8-4-5-9-23(21)32-25/h1-15H,16H2,(H,26,28). The predicted molar refractivity (Wildman–Crippen MR) is 129 cm³/mol. The molecule has 2 heterocycles. The monoisotopic (exact) mass is 474 g/mol. The minimum atomic E-state index is -3.56. The summed E-state index contributed by atoms with van der Waals surface area (Å²) < 4.78 is 31.6. The van der Waals surface area contributed by atoms with Crippen LogP contribution in [0.2, 0.25) is 0 Å². The number of aromatic nitrogens is 1. The summed E-state index contributed by atoms with van der Waals surface area (Å²) in [6.45, 7) is 0. The Kier molecular flexibility index (Phi) is 5.53. The zero-order chi connectivity index (χ0) is 22.8. The van der Waals surface area contributed by atoms with E-state index >= 15 is 0 Å². The Hall–Kier alpha value is -3.75. The van der Waals surface area contributed by atoms with Crippen molar-refractivity contribution in [3.8, 4) is 10.6 Å². The number of carbonyl (C=O) groups excluding carboxylic acids is 1. The maximum absolute atomic E-state index is 12.6. The smallest absolute Gasteiger partial charge is 0.291 e. The first kappa shape index (κ1) is 21.1. The molecule has 0 saturated heterocycles. The Morgan fingerprint density at radius 3 is 2.36 bits per heavy atom. The second-order valence-corrected chi connectivity index (χ2v) is 10.4. The molecule has 0 aliphatic carbocycles. The lowest BCUT2D eigenvalue weighted by molar-refractivity contribution is 0.0995. The Bertz CT molecular complexity index is 1500. The summed E-state index contributed by atoms with van der Waals surface area (Å²) in [7, 11) is -3.56. The Morgan fingerprint density at radius 2 is 1.61 bits per heavy atom. The SMILES string of the molecule is O=C(Nc1ccc(-c2nc3ccccc3s2)cc1)c1ccc(CS(=O)(=O)c2ccccc2)o1. The van der Waals surface area contributed by atoms with Crippen LogP contribution in [0, 0.1) is 0 Å². The first-order valence-electron chi connectivity index (χ1n) is 10.1. The van der Waals surface area contributed by atoms with Gasteiger partial charge in [0.2, 0.25) is 0 Å². The number of anilines is 1. The van der Waals surface area contributed by atoms with Crippen LogP contribution in [0.15, 0.2) is 100 Å². The number of nitrogens with one attached hydrogen (secondary N) is 1. The van der Waals surface area contributed by atoms with E-state index in [4.69, 9.17) is 4.42 Å². The van der Waals surface area contributed by atoms with E-state index in [0.717, 1.165) is 20.8 Å². The Balaban J connectivity index is 1.27. The maximum Gasteiger partial charge on any atom is 0.291 e. The summed E-state index contributed by atoms with van der Waals surface area (Å²) in [5.41, 5.74) is 2.51. The molecule has 0 radical (unpaired) electrons. The van der Waals surface area contributed by atoms with Crippen molar-refractivity contribution >= 4 is 43.0 Å². The van der Waals surface area contributed by atoms with Gasteiger partial charge in [0.15, 0.2) is 15.6 Å². The van der Waals surface area contributed by atoms with Gasteiger partial charge in [-0.2, -0.15) is 0 Å². The number of sulfone groups is 1. The van der Waals surface area contributed by atoms with Crippen LogP contribution in [-0.4, -0.2) is 19.3 Å². The van der Waals surface area contributed by atoms with Crippen LogP contribution in [0.4, 0.5) is 5.69 Å². The highest BCUT2D eigenvalue weighted by Crippen LogP contribution is 2.30. The van der Waals surface area contributed by atoms with E-state index in [1.165, 1.54) is 24.3 Å². The fourth-order valence-electron chi connectivity index (χ4n) is 3.36. The highest BCUT2D eigenvalue weighted by molar-refractivity contribution is 7.90. The van der Waals surface area contributed by atoms with Gasteiger partial charge in [-0.3, -0.25) is 4.79 Å². The number of rotatable bonds is 6. The van der Waals surface area contributed by atoms with Gasteiger partial charge in [-0.05, 0) is 60.7 Å². The van der Waals surface area contributed by atoms with E-state index in [2.05, 4.69) is 10.3 Å². The van der Waals surface area contributed by atoms with Crippen molar-refractivity contribution < 1.29 is 17.6 Å². The fourth-order valence-corrected chi connectivity index (χ4v) is 5.60. The molecule has 0 saturated carbocycles. The third kappa shape index (κ3) is 4.57. The number of para-hydroxylation sites is 1. The highest BCUT2D eigenvalue weighted by atomic mass is 32.2. The molecule has 0 spiro atoms. The molecule has 8 heteroatoms. The third-order valence-corrected chi connectivity index (χ3v) is 7.74. The molecular formula is C25H18N2O4S2. The molecule has 164 valence electrons. The quantitative estimate of drug-likeness (QED) is 0.337. The predicted octanol–water partition coefficient (Wildman–Crippen LogP) is 5.78. The second-order valence-electron chi connectivity index (χ2n) is 7.36. The van der Waals surface area contributed by atoms with Gasteiger partial charge in [-0.25, -0.2) is 13.4 Å². The van der Waals surface area contributed by atoms with E-state index in [1.807, 2.05) is 36.4 Å². The van der Waals surface area contributed by atoms with Gasteiger partial charge in [-0.15, -0.1) is 11.3 Å². The van der Waals surface area contributed by atoms with Crippen LogP contribution in [0.3, 0.4) is 0 Å². The largest absolute Gasteiger partial charge is 0.455 e. The summed E-state index contributed by atoms with van der Waals surface area (Å²) >= 11 is 1.61. The number of hydrogen-bond acceptors (Lipinski definition) is 6. The zero-order valence-electron chi connectivity index (χ0n) is 17.3. The molecule has 0 fully saturated rings. The van der Waals surface area contributed by atoms with Crippen LogP contribution in [0.1, 0.15) is 16.3 Å². The van der Waals surface area contributed by atoms with Crippen molar-refractivity contribution in [1.82, 2.24) is 4.98 Å². The van der Waals surface area contributed by atoms with Gasteiger partial charge in [0, 0.05) is 11.3 Å². The first-order valence-corrected chi connectivity index (χ1v) is 12.6. The lowest BCUT2D eigenvalue weighted by Gasteiger charge is -2.04. The van der Waals surface area contributed by atoms with Crippen molar-refractivity contribution in [2.24, 2.45) is 0 Å². The normalized spacial score (nSPS) is 11.5. The number of fused-ring (bicyclic) bond motifs is 1. The topological polar surface area (TPSA) is 89.3 Å². The van der Waals surface area contributed by atoms with Crippen molar-refractivity contribution in [2.45, 2.75) is 10.6 Å². The van der Waals surface area contributed by atoms with Gasteiger partial charge in [0.05, 0.1) is 15.1 Å². The molecule has 0 atom stereocenters. The molecule has 2 aromatic heterocycles. The van der Waals surface area contributed by atoms with Gasteiger partial charge < -0.3 is 9.73 Å². The summed E-state index contributed by atoms with van der Waals surface area (Å²) in [6, 6.07) is 26.5. The molecule has 5 rings (SSSR count). The van der Waals surface area contributed by atoms with E-state index < -0.39 is 15.7 Å². The molecule has 5 aromatic rings. The van der Waals surface area contributed by atoms with E-state index in [0.29, 0.717) is 5.69 Å². The number of nitrogens with zero attached hydrogens (tertiary/aromatic N) is 1. The van der Waals surface area contributed by atoms with Crippen molar-refractivity contribution in [2.75, 3.05) is 5.32 Å². The van der Waals surface area contributed by atoms with Crippen LogP contribution in [0.5, 0.6) is 0 Å². The zero-order valence-corrected chi connectivity index (χ0v) is 18.9. The fraction of sp³-hybridized carbons (Fsp3) is 0.0400. The highest BCUT2D eigenvalue weighted by Gasteiger charge is 2.19. The minimum Gasteiger partial charge on any atom is -0.455 e. The van der Waals surface area contributed by atoms with Crippen molar-refractivity contribution in [1.29, 1.82) is 0 Å². The number of hydrogen-bond donors (Lipinski definition) is 1. The van der Waals surface area contributed by atoms with Gasteiger partial charge in [-0.1, -0.05) is 30.3 Å². The molecule has 0 bridgehead atoms. The van der Waals surface area contributed by atoms with Crippen molar-refractivity contribution in [3.63, 3.8) is 0 Å². The lowest BCUT2D eigenvalue weighted by Crippen LogP contribution is -2.10. The second kappa shape index (κ2) is 8.65. The molecule has 1 amide bonds. The Labute approximate surface area is 194 Å². The van der Waals surface area contributed by atoms with Crippen LogP contribution >= 0.6 is 11.3 Å². The van der Waals surface area contributed by atoms with E-state index in [1.54, 1.807) is 41.7 Å². The molecular weight excluding hydrogens is 456 g/mol. The number of amides is 1. The molecule has 6 nitrogen and oxygen atoms in total. The van der Waals surface area contributed by atoms with Gasteiger partial charge >= 0.3 is 0 Å². The number of thiazole rings is 1. The van der Waals surface area contributed by atoms with Crippen molar-refractivity contribution in [3.05, 3.63) is 103 Å². The van der Waals surface area contributed by atoms with Crippen LogP contribution in [-0.2, 0) is 15.6 Å². The summed E-state index contributed by atoms with van der Waals surface area (Å²) in [6.07, 6.45) is 0. The first-order chi connectivity index (χ1) is 16.0. The van der Waals surface area contributed by atoms with Gasteiger partial charge in [0.25, 0.3) is 5.91 Å². The number of carbonyl (C=O) groups is 1. The molecule has 0 unspecified atom stereocenters. The average Bonchev–Trinajstić information content (AvgIpc) is 3.47. The number of furan rings is 1. The third-order valence-electron chi connectivity index (χ3n) is 5.00. The van der Waals surface area contributed by atoms with Crippen LogP contribution in [0.25, 0.3) is 20.8 Å². The molecule has 33 heavy (non-hydrogen) atoms. The number of benzene rings is 3. The molecule has 0 aliphatic rings. The maximum atomic E-state index is 12.6. The summed E-state index contributed by atoms with van der Waals surface area (Å²) in [5, 5.41) is 3.68. The van der Waals surface area contributed by atoms with Gasteiger partial charge in [0.1, 0.15) is 16.5 Å². The molecule has 3 aromatic carbocycles. The minimum absolute atomic E-state index is 0.0449. The Morgan fingerprint density at radius 1 is 0.879 bits per heavy atom. The molecule has 0 aliphatic heterocycles. The van der Waals surface area contributed by atoms with E-state index in [9.17, 15) is 13.2 Å². The van der Waals surface area contributed by atoms with Crippen LogP contribution < -0.4 is 5.32 Å². The summed E-state index contributed by atoms with van der Waals surface area (Å²) in [5.74, 6) is -0.522. The lowest BCUT2D eigenvalue weighted by atomic mass is 10.2. The average molecular weight is 475 g/mol. The summed E-state index contributed by atoms with van der Waals surface area (Å²) in [4.78, 5) is 17.4. The van der Waals surface area contributed by atoms with E-state index in [-0.39, 0.29) is 22.2 Å². The molecule has 1 N–H and O–H groups in total.